The minimum absolute atomic E-state index is 0.0480. The van der Waals surface area contributed by atoms with Crippen molar-refractivity contribution in [3.05, 3.63) is 52.7 Å². The number of phenols is 3. The van der Waals surface area contributed by atoms with Gasteiger partial charge in [-0.15, -0.1) is 0 Å². The molecule has 3 N–H and O–H groups in total. The Kier molecular flexibility index (Phi) is 2.21. The van der Waals surface area contributed by atoms with E-state index in [-0.39, 0.29) is 28.3 Å². The van der Waals surface area contributed by atoms with Gasteiger partial charge in [0, 0.05) is 27.6 Å². The third-order valence-electron chi connectivity index (χ3n) is 4.50. The zero-order valence-corrected chi connectivity index (χ0v) is 12.2. The number of phenolic OH excluding ortho intramolecular Hbond substituents is 3. The molecule has 5 rings (SSSR count). The number of hydrogen-bond acceptors (Lipinski definition) is 5. The summed E-state index contributed by atoms with van der Waals surface area (Å²) < 4.78 is 5.77. The quantitative estimate of drug-likeness (QED) is 0.229. The molecule has 5 heteroatoms. The number of hydrogen-bond donors (Lipinski definition) is 3. The second kappa shape index (κ2) is 4.08. The Bertz CT molecular complexity index is 1350. The summed E-state index contributed by atoms with van der Waals surface area (Å²) >= 11 is 0. The number of benzene rings is 4. The Labute approximate surface area is 133 Å². The molecule has 0 radical (unpaired) electrons. The van der Waals surface area contributed by atoms with Gasteiger partial charge in [0.25, 0.3) is 0 Å². The van der Waals surface area contributed by atoms with Gasteiger partial charge in [0.2, 0.25) is 0 Å². The molecule has 0 spiro atoms. The summed E-state index contributed by atoms with van der Waals surface area (Å²) in [4.78, 5) is 12.2. The molecule has 4 aromatic carbocycles. The van der Waals surface area contributed by atoms with Crippen LogP contribution in [0.2, 0.25) is 0 Å². The van der Waals surface area contributed by atoms with Gasteiger partial charge >= 0.3 is 0 Å². The topological polar surface area (TPSA) is 90.9 Å². The summed E-state index contributed by atoms with van der Waals surface area (Å²) in [6, 6.07) is 10.9. The summed E-state index contributed by atoms with van der Waals surface area (Å²) in [5.74, 6) is -0.616. The van der Waals surface area contributed by atoms with E-state index in [9.17, 15) is 20.1 Å². The van der Waals surface area contributed by atoms with E-state index in [4.69, 9.17) is 4.42 Å². The van der Waals surface area contributed by atoms with E-state index in [2.05, 4.69) is 0 Å². The van der Waals surface area contributed by atoms with Crippen LogP contribution in [0.15, 0.2) is 51.7 Å². The van der Waals surface area contributed by atoms with Crippen LogP contribution in [0.3, 0.4) is 0 Å². The van der Waals surface area contributed by atoms with Gasteiger partial charge in [0.05, 0.1) is 0 Å². The summed E-state index contributed by atoms with van der Waals surface area (Å²) in [6.45, 7) is 0. The van der Waals surface area contributed by atoms with Crippen LogP contribution in [-0.2, 0) is 0 Å². The molecule has 0 fully saturated rings. The summed E-state index contributed by atoms with van der Waals surface area (Å²) in [6.07, 6.45) is 0. The molecule has 0 atom stereocenters. The first-order valence-corrected chi connectivity index (χ1v) is 7.34. The molecule has 1 heterocycles. The summed E-state index contributed by atoms with van der Waals surface area (Å²) in [7, 11) is 0. The third-order valence-corrected chi connectivity index (χ3v) is 4.50. The molecule has 0 saturated heterocycles. The van der Waals surface area contributed by atoms with Crippen molar-refractivity contribution in [3.8, 4) is 17.2 Å². The predicted molar refractivity (Wildman–Crippen MR) is 91.2 cm³/mol. The van der Waals surface area contributed by atoms with Gasteiger partial charge in [-0.25, -0.2) is 0 Å². The van der Waals surface area contributed by atoms with Crippen LogP contribution in [0.25, 0.3) is 43.5 Å². The highest BCUT2D eigenvalue weighted by molar-refractivity contribution is 6.27. The minimum Gasteiger partial charge on any atom is -0.504 e. The molecule has 0 bridgehead atoms. The number of aromatic hydroxyl groups is 3. The maximum Gasteiger partial charge on any atom is 0.186 e. The average molecular weight is 318 g/mol. The zero-order chi connectivity index (χ0) is 16.6. The lowest BCUT2D eigenvalue weighted by Crippen LogP contribution is -1.99. The molecule has 0 amide bonds. The van der Waals surface area contributed by atoms with Crippen LogP contribution in [0.5, 0.6) is 17.2 Å². The van der Waals surface area contributed by atoms with Gasteiger partial charge in [0.15, 0.2) is 28.3 Å². The Morgan fingerprint density at radius 1 is 0.708 bits per heavy atom. The molecule has 5 aromatic rings. The first kappa shape index (κ1) is 13.0. The highest BCUT2D eigenvalue weighted by Gasteiger charge is 2.18. The molecule has 5 nitrogen and oxygen atoms in total. The standard InChI is InChI=1S/C19H10O5/c20-12-4-1-8-5-15(23)19-18-9(2-3-10(12)17(8)18)11-6-13(21)14(22)7-16(11)24-19/h1-7,21-23H. The van der Waals surface area contributed by atoms with E-state index >= 15 is 0 Å². The van der Waals surface area contributed by atoms with E-state index in [1.807, 2.05) is 0 Å². The lowest BCUT2D eigenvalue weighted by molar-refractivity contribution is 0.404. The van der Waals surface area contributed by atoms with Crippen molar-refractivity contribution in [1.82, 2.24) is 0 Å². The van der Waals surface area contributed by atoms with E-state index < -0.39 is 0 Å². The number of rotatable bonds is 0. The second-order valence-corrected chi connectivity index (χ2v) is 5.86. The van der Waals surface area contributed by atoms with Crippen LogP contribution >= 0.6 is 0 Å². The maximum atomic E-state index is 12.2. The van der Waals surface area contributed by atoms with E-state index in [0.29, 0.717) is 27.1 Å². The van der Waals surface area contributed by atoms with Crippen LogP contribution in [0, 0.1) is 0 Å². The Balaban J connectivity index is 2.20. The fourth-order valence-electron chi connectivity index (χ4n) is 3.43. The van der Waals surface area contributed by atoms with Crippen molar-refractivity contribution in [3.63, 3.8) is 0 Å². The highest BCUT2D eigenvalue weighted by atomic mass is 16.4. The van der Waals surface area contributed by atoms with Crippen molar-refractivity contribution >= 4 is 43.5 Å². The highest BCUT2D eigenvalue weighted by Crippen LogP contribution is 2.43. The van der Waals surface area contributed by atoms with Crippen LogP contribution in [0.4, 0.5) is 0 Å². The van der Waals surface area contributed by atoms with Gasteiger partial charge < -0.3 is 19.7 Å². The first-order valence-electron chi connectivity index (χ1n) is 7.34. The molecular weight excluding hydrogens is 308 g/mol. The normalized spacial score (nSPS) is 12.0. The van der Waals surface area contributed by atoms with Crippen molar-refractivity contribution in [2.75, 3.05) is 0 Å². The SMILES string of the molecule is O=c1ccc2cc(O)c3oc4cc(O)c(O)cc4c4ccc1c2c34. The Morgan fingerprint density at radius 2 is 1.46 bits per heavy atom. The largest absolute Gasteiger partial charge is 0.504 e. The molecule has 1 aromatic heterocycles. The predicted octanol–water partition coefficient (Wildman–Crippen LogP) is 3.81. The molecule has 0 aliphatic heterocycles. The summed E-state index contributed by atoms with van der Waals surface area (Å²) in [5.41, 5.74) is 0.463. The molecule has 0 saturated carbocycles. The molecule has 24 heavy (non-hydrogen) atoms. The Hall–Kier alpha value is -3.47. The van der Waals surface area contributed by atoms with Gasteiger partial charge in [-0.3, -0.25) is 4.79 Å². The van der Waals surface area contributed by atoms with Gasteiger partial charge in [0.1, 0.15) is 5.58 Å². The van der Waals surface area contributed by atoms with Crippen molar-refractivity contribution in [2.45, 2.75) is 0 Å². The minimum atomic E-state index is -0.305. The van der Waals surface area contributed by atoms with Crippen molar-refractivity contribution in [1.29, 1.82) is 0 Å². The monoisotopic (exact) mass is 318 g/mol. The number of fused-ring (bicyclic) bond motifs is 2. The molecule has 0 unspecified atom stereocenters. The molecule has 0 aliphatic carbocycles. The first-order chi connectivity index (χ1) is 11.5. The van der Waals surface area contributed by atoms with Crippen molar-refractivity contribution in [2.24, 2.45) is 0 Å². The lowest BCUT2D eigenvalue weighted by atomic mass is 9.94. The fourth-order valence-corrected chi connectivity index (χ4v) is 3.43. The molecular formula is C19H10O5. The van der Waals surface area contributed by atoms with E-state index in [0.717, 1.165) is 10.8 Å². The average Bonchev–Trinajstić information content (AvgIpc) is 2.56. The van der Waals surface area contributed by atoms with Crippen molar-refractivity contribution < 1.29 is 19.7 Å². The second-order valence-electron chi connectivity index (χ2n) is 5.86. The van der Waals surface area contributed by atoms with E-state index in [1.165, 1.54) is 18.2 Å². The van der Waals surface area contributed by atoms with Crippen LogP contribution < -0.4 is 5.43 Å². The fraction of sp³-hybridized carbons (Fsp3) is 0. The third kappa shape index (κ3) is 1.46. The van der Waals surface area contributed by atoms with Gasteiger partial charge in [-0.05, 0) is 35.0 Å². The van der Waals surface area contributed by atoms with Gasteiger partial charge in [-0.2, -0.15) is 0 Å². The van der Waals surface area contributed by atoms with E-state index in [1.54, 1.807) is 24.3 Å². The molecule has 116 valence electrons. The summed E-state index contributed by atoms with van der Waals surface area (Å²) in [5, 5.41) is 33.8. The van der Waals surface area contributed by atoms with Gasteiger partial charge in [-0.1, -0.05) is 12.1 Å². The maximum absolute atomic E-state index is 12.2. The Morgan fingerprint density at radius 3 is 2.29 bits per heavy atom. The lowest BCUT2D eigenvalue weighted by Gasteiger charge is -2.13. The van der Waals surface area contributed by atoms with Crippen LogP contribution in [0.1, 0.15) is 0 Å². The van der Waals surface area contributed by atoms with Crippen LogP contribution in [-0.4, -0.2) is 15.3 Å². The zero-order valence-electron chi connectivity index (χ0n) is 12.2. The molecule has 0 aliphatic rings. The smallest absolute Gasteiger partial charge is 0.186 e.